The van der Waals surface area contributed by atoms with Crippen molar-refractivity contribution < 1.29 is 14.3 Å². The van der Waals surface area contributed by atoms with Gasteiger partial charge in [-0.25, -0.2) is 0 Å². The summed E-state index contributed by atoms with van der Waals surface area (Å²) < 4.78 is 5.03. The Kier molecular flexibility index (Phi) is 6.58. The first-order valence-corrected chi connectivity index (χ1v) is 6.88. The number of esters is 1. The summed E-state index contributed by atoms with van der Waals surface area (Å²) in [5.41, 5.74) is 0. The molecule has 6 heteroatoms. The molecular formula is C13H23ClN2O3. The Morgan fingerprint density at radius 3 is 2.26 bits per heavy atom. The molecule has 1 heterocycles. The Morgan fingerprint density at radius 2 is 1.79 bits per heavy atom. The zero-order valence-electron chi connectivity index (χ0n) is 11.3. The number of rotatable bonds is 4. The molecule has 1 saturated carbocycles. The van der Waals surface area contributed by atoms with Gasteiger partial charge in [-0.15, -0.1) is 12.4 Å². The van der Waals surface area contributed by atoms with Gasteiger partial charge in [-0.3, -0.25) is 9.59 Å². The third kappa shape index (κ3) is 4.35. The molecule has 2 aliphatic rings. The predicted octanol–water partition coefficient (Wildman–Crippen LogP) is 0.866. The SMILES string of the molecule is CCOC(=O)C1CCC(NC(=O)C2CNC2)CC1.Cl. The van der Waals surface area contributed by atoms with Gasteiger partial charge in [-0.2, -0.15) is 0 Å². The van der Waals surface area contributed by atoms with Gasteiger partial charge in [0.2, 0.25) is 5.91 Å². The van der Waals surface area contributed by atoms with Crippen LogP contribution in [0.1, 0.15) is 32.6 Å². The number of amides is 1. The highest BCUT2D eigenvalue weighted by Crippen LogP contribution is 2.25. The average Bonchev–Trinajstić information content (AvgIpc) is 2.27. The maximum absolute atomic E-state index is 11.8. The van der Waals surface area contributed by atoms with Crippen molar-refractivity contribution >= 4 is 24.3 Å². The maximum Gasteiger partial charge on any atom is 0.308 e. The van der Waals surface area contributed by atoms with Crippen LogP contribution in [0.4, 0.5) is 0 Å². The van der Waals surface area contributed by atoms with Crippen molar-refractivity contribution in [2.45, 2.75) is 38.6 Å². The minimum Gasteiger partial charge on any atom is -0.466 e. The van der Waals surface area contributed by atoms with E-state index in [1.165, 1.54) is 0 Å². The Hall–Kier alpha value is -0.810. The molecule has 1 amide bonds. The third-order valence-electron chi connectivity index (χ3n) is 3.85. The monoisotopic (exact) mass is 290 g/mol. The number of carbonyl (C=O) groups is 2. The van der Waals surface area contributed by atoms with Crippen molar-refractivity contribution in [3.8, 4) is 0 Å². The summed E-state index contributed by atoms with van der Waals surface area (Å²) >= 11 is 0. The van der Waals surface area contributed by atoms with Gasteiger partial charge in [0.15, 0.2) is 0 Å². The van der Waals surface area contributed by atoms with Crippen molar-refractivity contribution in [1.82, 2.24) is 10.6 Å². The van der Waals surface area contributed by atoms with Gasteiger partial charge >= 0.3 is 5.97 Å². The van der Waals surface area contributed by atoms with Crippen LogP contribution in [-0.4, -0.2) is 37.6 Å². The predicted molar refractivity (Wildman–Crippen MR) is 74.1 cm³/mol. The molecule has 1 aliphatic carbocycles. The van der Waals surface area contributed by atoms with E-state index in [0.717, 1.165) is 38.8 Å². The standard InChI is InChI=1S/C13H22N2O3.ClH/c1-2-18-13(17)9-3-5-11(6-4-9)15-12(16)10-7-14-8-10;/h9-11,14H,2-8H2,1H3,(H,15,16);1H. The van der Waals surface area contributed by atoms with E-state index in [0.29, 0.717) is 6.61 Å². The van der Waals surface area contributed by atoms with Crippen LogP contribution in [0.25, 0.3) is 0 Å². The number of nitrogens with one attached hydrogen (secondary N) is 2. The summed E-state index contributed by atoms with van der Waals surface area (Å²) in [5, 5.41) is 6.17. The largest absolute Gasteiger partial charge is 0.466 e. The number of carbonyl (C=O) groups excluding carboxylic acids is 2. The van der Waals surface area contributed by atoms with Crippen LogP contribution >= 0.6 is 12.4 Å². The molecule has 2 rings (SSSR count). The normalized spacial score (nSPS) is 26.8. The molecule has 1 aliphatic heterocycles. The minimum absolute atomic E-state index is 0. The molecule has 1 saturated heterocycles. The van der Waals surface area contributed by atoms with Crippen LogP contribution in [0.15, 0.2) is 0 Å². The van der Waals surface area contributed by atoms with Gasteiger partial charge in [0.05, 0.1) is 18.4 Å². The Balaban J connectivity index is 0.00000180. The van der Waals surface area contributed by atoms with Gasteiger partial charge in [0.1, 0.15) is 0 Å². The van der Waals surface area contributed by atoms with Gasteiger partial charge < -0.3 is 15.4 Å². The van der Waals surface area contributed by atoms with E-state index in [1.807, 2.05) is 6.92 Å². The van der Waals surface area contributed by atoms with Crippen LogP contribution in [0.2, 0.25) is 0 Å². The van der Waals surface area contributed by atoms with Crippen LogP contribution in [0, 0.1) is 11.8 Å². The molecule has 0 spiro atoms. The smallest absolute Gasteiger partial charge is 0.308 e. The molecule has 0 bridgehead atoms. The first-order valence-electron chi connectivity index (χ1n) is 6.88. The van der Waals surface area contributed by atoms with Gasteiger partial charge in [-0.05, 0) is 32.6 Å². The number of hydrogen-bond acceptors (Lipinski definition) is 4. The number of hydrogen-bond donors (Lipinski definition) is 2. The van der Waals surface area contributed by atoms with E-state index in [2.05, 4.69) is 10.6 Å². The first kappa shape index (κ1) is 16.2. The molecule has 0 unspecified atom stereocenters. The maximum atomic E-state index is 11.8. The molecule has 110 valence electrons. The first-order chi connectivity index (χ1) is 8.70. The van der Waals surface area contributed by atoms with Crippen molar-refractivity contribution in [2.24, 2.45) is 11.8 Å². The summed E-state index contributed by atoms with van der Waals surface area (Å²) in [7, 11) is 0. The lowest BCUT2D eigenvalue weighted by Gasteiger charge is -2.31. The molecule has 0 aromatic rings. The second-order valence-corrected chi connectivity index (χ2v) is 5.16. The molecule has 0 radical (unpaired) electrons. The van der Waals surface area contributed by atoms with Gasteiger partial charge in [0.25, 0.3) is 0 Å². The van der Waals surface area contributed by atoms with Gasteiger partial charge in [0, 0.05) is 19.1 Å². The van der Waals surface area contributed by atoms with Crippen LogP contribution in [0.3, 0.4) is 0 Å². The second-order valence-electron chi connectivity index (χ2n) is 5.16. The molecule has 19 heavy (non-hydrogen) atoms. The van der Waals surface area contributed by atoms with E-state index >= 15 is 0 Å². The molecule has 0 aromatic heterocycles. The highest BCUT2D eigenvalue weighted by atomic mass is 35.5. The van der Waals surface area contributed by atoms with Crippen molar-refractivity contribution in [3.05, 3.63) is 0 Å². The van der Waals surface area contributed by atoms with Crippen LogP contribution < -0.4 is 10.6 Å². The molecule has 2 N–H and O–H groups in total. The Morgan fingerprint density at radius 1 is 1.16 bits per heavy atom. The van der Waals surface area contributed by atoms with E-state index in [9.17, 15) is 9.59 Å². The lowest BCUT2D eigenvalue weighted by Crippen LogP contribution is -2.53. The average molecular weight is 291 g/mol. The van der Waals surface area contributed by atoms with E-state index < -0.39 is 0 Å². The zero-order chi connectivity index (χ0) is 13.0. The lowest BCUT2D eigenvalue weighted by atomic mass is 9.85. The summed E-state index contributed by atoms with van der Waals surface area (Å²) in [5.74, 6) is 0.259. The molecular weight excluding hydrogens is 268 g/mol. The van der Waals surface area contributed by atoms with Crippen LogP contribution in [-0.2, 0) is 14.3 Å². The van der Waals surface area contributed by atoms with Gasteiger partial charge in [-0.1, -0.05) is 0 Å². The summed E-state index contributed by atoms with van der Waals surface area (Å²) in [6.07, 6.45) is 3.42. The lowest BCUT2D eigenvalue weighted by molar-refractivity contribution is -0.149. The van der Waals surface area contributed by atoms with Crippen molar-refractivity contribution in [1.29, 1.82) is 0 Å². The number of halogens is 1. The zero-order valence-corrected chi connectivity index (χ0v) is 12.1. The fourth-order valence-corrected chi connectivity index (χ4v) is 2.53. The quantitative estimate of drug-likeness (QED) is 0.754. The second kappa shape index (κ2) is 7.70. The number of ether oxygens (including phenoxy) is 1. The minimum atomic E-state index is -0.0783. The fraction of sp³-hybridized carbons (Fsp3) is 0.846. The Bertz CT molecular complexity index is 313. The topological polar surface area (TPSA) is 67.4 Å². The van der Waals surface area contributed by atoms with Crippen molar-refractivity contribution in [2.75, 3.05) is 19.7 Å². The van der Waals surface area contributed by atoms with E-state index in [4.69, 9.17) is 4.74 Å². The molecule has 5 nitrogen and oxygen atoms in total. The highest BCUT2D eigenvalue weighted by molar-refractivity contribution is 5.85. The van der Waals surface area contributed by atoms with E-state index in [1.54, 1.807) is 0 Å². The Labute approximate surface area is 120 Å². The highest BCUT2D eigenvalue weighted by Gasteiger charge is 2.30. The van der Waals surface area contributed by atoms with Crippen LogP contribution in [0.5, 0.6) is 0 Å². The molecule has 0 atom stereocenters. The molecule has 0 aromatic carbocycles. The summed E-state index contributed by atoms with van der Waals surface area (Å²) in [4.78, 5) is 23.3. The third-order valence-corrected chi connectivity index (χ3v) is 3.85. The molecule has 2 fully saturated rings. The van der Waals surface area contributed by atoms with E-state index in [-0.39, 0.29) is 42.2 Å². The van der Waals surface area contributed by atoms with Crippen molar-refractivity contribution in [3.63, 3.8) is 0 Å². The summed E-state index contributed by atoms with van der Waals surface area (Å²) in [6, 6.07) is 0.240. The fourth-order valence-electron chi connectivity index (χ4n) is 2.53. The summed E-state index contributed by atoms with van der Waals surface area (Å²) in [6.45, 7) is 3.87.